The zero-order valence-corrected chi connectivity index (χ0v) is 17.0. The van der Waals surface area contributed by atoms with Gasteiger partial charge in [0, 0.05) is 24.7 Å². The summed E-state index contributed by atoms with van der Waals surface area (Å²) in [4.78, 5) is 31.4. The molecule has 1 aliphatic heterocycles. The first kappa shape index (κ1) is 19.9. The SMILES string of the molecule is Cc1cc(CC(=O)N2C[C@H](C)C[C@H]2C(=O)NCc2ccc(-c3ncco3)cc2)on1. The normalized spacial score (nSPS) is 18.5. The van der Waals surface area contributed by atoms with Crippen molar-refractivity contribution in [3.05, 3.63) is 59.8 Å². The molecule has 0 aliphatic carbocycles. The molecule has 0 bridgehead atoms. The first-order valence-electron chi connectivity index (χ1n) is 9.98. The summed E-state index contributed by atoms with van der Waals surface area (Å²) in [6.07, 6.45) is 3.89. The minimum absolute atomic E-state index is 0.111. The van der Waals surface area contributed by atoms with Crippen LogP contribution in [0.3, 0.4) is 0 Å². The summed E-state index contributed by atoms with van der Waals surface area (Å²) in [6, 6.07) is 8.93. The number of rotatable bonds is 6. The van der Waals surface area contributed by atoms with E-state index in [0.29, 0.717) is 31.2 Å². The molecule has 0 saturated carbocycles. The van der Waals surface area contributed by atoms with Crippen molar-refractivity contribution in [3.63, 3.8) is 0 Å². The van der Waals surface area contributed by atoms with Crippen molar-refractivity contribution in [2.75, 3.05) is 6.54 Å². The van der Waals surface area contributed by atoms with Crippen LogP contribution in [0.4, 0.5) is 0 Å². The summed E-state index contributed by atoms with van der Waals surface area (Å²) in [5.41, 5.74) is 2.56. The van der Waals surface area contributed by atoms with Crippen molar-refractivity contribution in [1.29, 1.82) is 0 Å². The number of hydrogen-bond acceptors (Lipinski definition) is 6. The fourth-order valence-electron chi connectivity index (χ4n) is 3.76. The second-order valence-electron chi connectivity index (χ2n) is 7.77. The van der Waals surface area contributed by atoms with Crippen LogP contribution in [0.5, 0.6) is 0 Å². The first-order chi connectivity index (χ1) is 14.5. The molecular formula is C22H24N4O4. The Bertz CT molecular complexity index is 1010. The van der Waals surface area contributed by atoms with Crippen LogP contribution >= 0.6 is 0 Å². The fraction of sp³-hybridized carbons (Fsp3) is 0.364. The Balaban J connectivity index is 1.36. The van der Waals surface area contributed by atoms with E-state index >= 15 is 0 Å². The molecule has 156 valence electrons. The largest absolute Gasteiger partial charge is 0.445 e. The third-order valence-electron chi connectivity index (χ3n) is 5.24. The van der Waals surface area contributed by atoms with Gasteiger partial charge in [0.15, 0.2) is 0 Å². The zero-order chi connectivity index (χ0) is 21.1. The summed E-state index contributed by atoms with van der Waals surface area (Å²) in [6.45, 7) is 4.81. The minimum Gasteiger partial charge on any atom is -0.445 e. The van der Waals surface area contributed by atoms with Gasteiger partial charge in [-0.1, -0.05) is 24.2 Å². The molecule has 8 heteroatoms. The van der Waals surface area contributed by atoms with Crippen LogP contribution in [-0.4, -0.2) is 39.4 Å². The van der Waals surface area contributed by atoms with Crippen LogP contribution in [0.1, 0.15) is 30.4 Å². The monoisotopic (exact) mass is 408 g/mol. The third-order valence-corrected chi connectivity index (χ3v) is 5.24. The summed E-state index contributed by atoms with van der Waals surface area (Å²) < 4.78 is 10.4. The maximum atomic E-state index is 12.8. The molecule has 1 fully saturated rings. The molecular weight excluding hydrogens is 384 g/mol. The maximum absolute atomic E-state index is 12.8. The molecule has 0 unspecified atom stereocenters. The van der Waals surface area contributed by atoms with Gasteiger partial charge < -0.3 is 19.2 Å². The number of likely N-dealkylation sites (tertiary alicyclic amines) is 1. The molecule has 2 aromatic heterocycles. The molecule has 3 aromatic rings. The number of carbonyl (C=O) groups excluding carboxylic acids is 2. The lowest BCUT2D eigenvalue weighted by atomic mass is 10.1. The number of carbonyl (C=O) groups is 2. The average Bonchev–Trinajstić information content (AvgIpc) is 3.48. The molecule has 8 nitrogen and oxygen atoms in total. The van der Waals surface area contributed by atoms with E-state index in [4.69, 9.17) is 8.94 Å². The Hall–Kier alpha value is -3.42. The van der Waals surface area contributed by atoms with Crippen LogP contribution in [-0.2, 0) is 22.6 Å². The van der Waals surface area contributed by atoms with Gasteiger partial charge in [0.25, 0.3) is 0 Å². The van der Waals surface area contributed by atoms with Gasteiger partial charge in [-0.25, -0.2) is 4.98 Å². The molecule has 1 saturated heterocycles. The number of benzene rings is 1. The molecule has 0 spiro atoms. The van der Waals surface area contributed by atoms with Gasteiger partial charge in [-0.15, -0.1) is 0 Å². The zero-order valence-electron chi connectivity index (χ0n) is 17.0. The van der Waals surface area contributed by atoms with Crippen molar-refractivity contribution >= 4 is 11.8 Å². The lowest BCUT2D eigenvalue weighted by Gasteiger charge is -2.23. The van der Waals surface area contributed by atoms with Crippen molar-refractivity contribution in [1.82, 2.24) is 20.4 Å². The summed E-state index contributed by atoms with van der Waals surface area (Å²) in [5.74, 6) is 1.08. The number of aryl methyl sites for hydroxylation is 1. The third kappa shape index (κ3) is 4.42. The van der Waals surface area contributed by atoms with Gasteiger partial charge in [-0.05, 0) is 37.0 Å². The van der Waals surface area contributed by atoms with Gasteiger partial charge in [-0.3, -0.25) is 9.59 Å². The number of oxazole rings is 1. The van der Waals surface area contributed by atoms with E-state index in [0.717, 1.165) is 16.8 Å². The molecule has 2 amide bonds. The van der Waals surface area contributed by atoms with Gasteiger partial charge in [0.2, 0.25) is 17.7 Å². The molecule has 1 aliphatic rings. The average molecular weight is 408 g/mol. The van der Waals surface area contributed by atoms with E-state index in [2.05, 4.69) is 15.5 Å². The highest BCUT2D eigenvalue weighted by Crippen LogP contribution is 2.24. The van der Waals surface area contributed by atoms with Crippen LogP contribution in [0, 0.1) is 12.8 Å². The van der Waals surface area contributed by atoms with Crippen LogP contribution in [0.15, 0.2) is 51.7 Å². The van der Waals surface area contributed by atoms with Crippen LogP contribution < -0.4 is 5.32 Å². The van der Waals surface area contributed by atoms with Crippen molar-refractivity contribution in [3.8, 4) is 11.5 Å². The Morgan fingerprint density at radius 2 is 2.07 bits per heavy atom. The minimum atomic E-state index is -0.469. The molecule has 2 atom stereocenters. The molecule has 4 rings (SSSR count). The standard InChI is InChI=1S/C22H24N4O4/c1-14-9-19(26(13-14)20(27)11-18-10-15(2)25-30-18)21(28)24-12-16-3-5-17(6-4-16)22-23-7-8-29-22/h3-8,10,14,19H,9,11-13H2,1-2H3,(H,24,28)/t14-,19+/m1/s1. The van der Waals surface area contributed by atoms with E-state index in [1.165, 1.54) is 6.26 Å². The van der Waals surface area contributed by atoms with E-state index < -0.39 is 6.04 Å². The molecule has 0 radical (unpaired) electrons. The van der Waals surface area contributed by atoms with E-state index in [1.54, 1.807) is 17.2 Å². The smallest absolute Gasteiger partial charge is 0.243 e. The summed E-state index contributed by atoms with van der Waals surface area (Å²) in [5, 5.41) is 6.78. The number of aromatic nitrogens is 2. The summed E-state index contributed by atoms with van der Waals surface area (Å²) in [7, 11) is 0. The Kier molecular flexibility index (Phi) is 5.65. The van der Waals surface area contributed by atoms with E-state index in [1.807, 2.05) is 38.1 Å². The van der Waals surface area contributed by atoms with Gasteiger partial charge in [0.1, 0.15) is 18.1 Å². The predicted molar refractivity (Wildman–Crippen MR) is 108 cm³/mol. The molecule has 1 aromatic carbocycles. The molecule has 30 heavy (non-hydrogen) atoms. The van der Waals surface area contributed by atoms with Crippen LogP contribution in [0.2, 0.25) is 0 Å². The maximum Gasteiger partial charge on any atom is 0.243 e. The Labute approximate surface area is 174 Å². The van der Waals surface area contributed by atoms with Gasteiger partial charge in [0.05, 0.1) is 18.3 Å². The summed E-state index contributed by atoms with van der Waals surface area (Å²) >= 11 is 0. The van der Waals surface area contributed by atoms with Gasteiger partial charge in [-0.2, -0.15) is 0 Å². The second-order valence-corrected chi connectivity index (χ2v) is 7.77. The fourth-order valence-corrected chi connectivity index (χ4v) is 3.76. The number of nitrogens with zero attached hydrogens (tertiary/aromatic N) is 3. The quantitative estimate of drug-likeness (QED) is 0.673. The Morgan fingerprint density at radius 1 is 1.27 bits per heavy atom. The highest BCUT2D eigenvalue weighted by molar-refractivity contribution is 5.89. The van der Waals surface area contributed by atoms with Gasteiger partial charge >= 0.3 is 0 Å². The van der Waals surface area contributed by atoms with E-state index in [-0.39, 0.29) is 24.2 Å². The first-order valence-corrected chi connectivity index (χ1v) is 9.98. The number of nitrogens with one attached hydrogen (secondary N) is 1. The highest BCUT2D eigenvalue weighted by atomic mass is 16.5. The highest BCUT2D eigenvalue weighted by Gasteiger charge is 2.37. The lowest BCUT2D eigenvalue weighted by Crippen LogP contribution is -2.46. The van der Waals surface area contributed by atoms with E-state index in [9.17, 15) is 9.59 Å². The topological polar surface area (TPSA) is 101 Å². The van der Waals surface area contributed by atoms with Crippen molar-refractivity contribution in [2.45, 2.75) is 39.3 Å². The second kappa shape index (κ2) is 8.52. The number of hydrogen-bond donors (Lipinski definition) is 1. The Morgan fingerprint density at radius 3 is 2.73 bits per heavy atom. The van der Waals surface area contributed by atoms with Crippen molar-refractivity contribution in [2.24, 2.45) is 5.92 Å². The van der Waals surface area contributed by atoms with Crippen molar-refractivity contribution < 1.29 is 18.5 Å². The van der Waals surface area contributed by atoms with Crippen LogP contribution in [0.25, 0.3) is 11.5 Å². The lowest BCUT2D eigenvalue weighted by molar-refractivity contribution is -0.138. The molecule has 3 heterocycles. The predicted octanol–water partition coefficient (Wildman–Crippen LogP) is 2.73. The number of amides is 2. The molecule has 1 N–H and O–H groups in total.